The Labute approximate surface area is 167 Å². The summed E-state index contributed by atoms with van der Waals surface area (Å²) in [6.07, 6.45) is 7.52. The molecule has 0 aliphatic carbocycles. The second-order valence-corrected chi connectivity index (χ2v) is 8.42. The number of benzene rings is 2. The van der Waals surface area contributed by atoms with Gasteiger partial charge in [0.25, 0.3) is 0 Å². The molecule has 0 unspecified atom stereocenters. The number of ketones is 1. The highest BCUT2D eigenvalue weighted by atomic mass is 32.2. The molecule has 2 rings (SSSR count). The van der Waals surface area contributed by atoms with Gasteiger partial charge in [0.05, 0.1) is 5.75 Å². The highest BCUT2D eigenvalue weighted by Gasteiger charge is 2.11. The minimum Gasteiger partial charge on any atom is -0.382 e. The zero-order chi connectivity index (χ0) is 20.7. The van der Waals surface area contributed by atoms with Gasteiger partial charge >= 0.3 is 10.1 Å². The van der Waals surface area contributed by atoms with Gasteiger partial charge in [-0.05, 0) is 79.3 Å². The molecule has 28 heavy (non-hydrogen) atoms. The second-order valence-electron chi connectivity index (χ2n) is 6.56. The van der Waals surface area contributed by atoms with E-state index in [4.69, 9.17) is 4.18 Å². The molecule has 0 radical (unpaired) electrons. The van der Waals surface area contributed by atoms with Gasteiger partial charge in [0.15, 0.2) is 5.78 Å². The standard InChI is InChI=1S/C23H26O4S/c1-5-21-11-7-19(15-17(21)3)8-12-22(24)13-9-20-10-14-23(18(4)16-20)27-28(25,26)6-2/h7-16H,5-6H2,1-4H3. The molecule has 2 aromatic carbocycles. The average Bonchev–Trinajstić information content (AvgIpc) is 2.66. The lowest BCUT2D eigenvalue weighted by molar-refractivity contribution is -0.110. The minimum absolute atomic E-state index is 0.0877. The van der Waals surface area contributed by atoms with E-state index >= 15 is 0 Å². The molecule has 0 amide bonds. The van der Waals surface area contributed by atoms with Gasteiger partial charge in [-0.2, -0.15) is 8.42 Å². The highest BCUT2D eigenvalue weighted by Crippen LogP contribution is 2.21. The van der Waals surface area contributed by atoms with Crippen molar-refractivity contribution < 1.29 is 17.4 Å². The Bertz CT molecular complexity index is 1010. The Morgan fingerprint density at radius 2 is 1.50 bits per heavy atom. The van der Waals surface area contributed by atoms with Crippen molar-refractivity contribution in [2.24, 2.45) is 0 Å². The van der Waals surface area contributed by atoms with Crippen molar-refractivity contribution in [3.05, 3.63) is 76.4 Å². The normalized spacial score (nSPS) is 12.0. The number of aryl methyl sites for hydroxylation is 3. The van der Waals surface area contributed by atoms with E-state index in [1.807, 2.05) is 6.07 Å². The number of carbonyl (C=O) groups is 1. The van der Waals surface area contributed by atoms with Crippen LogP contribution in [-0.4, -0.2) is 20.0 Å². The van der Waals surface area contributed by atoms with Crippen LogP contribution in [0.5, 0.6) is 5.75 Å². The lowest BCUT2D eigenvalue weighted by Gasteiger charge is -2.08. The van der Waals surface area contributed by atoms with Crippen LogP contribution in [0.1, 0.15) is 41.7 Å². The van der Waals surface area contributed by atoms with Gasteiger partial charge in [-0.15, -0.1) is 0 Å². The van der Waals surface area contributed by atoms with Crippen LogP contribution in [0, 0.1) is 13.8 Å². The number of allylic oxidation sites excluding steroid dienone is 2. The van der Waals surface area contributed by atoms with Crippen LogP contribution in [0.15, 0.2) is 48.6 Å². The van der Waals surface area contributed by atoms with Crippen molar-refractivity contribution in [2.75, 3.05) is 5.75 Å². The molecule has 0 heterocycles. The second kappa shape index (κ2) is 9.51. The first-order valence-corrected chi connectivity index (χ1v) is 10.8. The van der Waals surface area contributed by atoms with Crippen LogP contribution in [0.25, 0.3) is 12.2 Å². The van der Waals surface area contributed by atoms with Gasteiger partial charge in [-0.3, -0.25) is 4.79 Å². The number of rotatable bonds is 8. The summed E-state index contributed by atoms with van der Waals surface area (Å²) in [6, 6.07) is 11.3. The summed E-state index contributed by atoms with van der Waals surface area (Å²) in [4.78, 5) is 12.1. The predicted octanol–water partition coefficient (Wildman–Crippen LogP) is 4.89. The number of hydrogen-bond donors (Lipinski definition) is 0. The van der Waals surface area contributed by atoms with Gasteiger partial charge in [0, 0.05) is 0 Å². The van der Waals surface area contributed by atoms with Crippen LogP contribution in [0.2, 0.25) is 0 Å². The monoisotopic (exact) mass is 398 g/mol. The van der Waals surface area contributed by atoms with Gasteiger partial charge in [-0.1, -0.05) is 43.3 Å². The molecule has 0 aliphatic heterocycles. The van der Waals surface area contributed by atoms with Gasteiger partial charge in [-0.25, -0.2) is 0 Å². The summed E-state index contributed by atoms with van der Waals surface area (Å²) in [5.41, 5.74) is 5.00. The fourth-order valence-corrected chi connectivity index (χ4v) is 3.28. The quantitative estimate of drug-likeness (QED) is 0.469. The number of hydrogen-bond acceptors (Lipinski definition) is 4. The summed E-state index contributed by atoms with van der Waals surface area (Å²) in [5.74, 6) is 0.0928. The molecular formula is C23H26O4S. The maximum atomic E-state index is 12.1. The summed E-state index contributed by atoms with van der Waals surface area (Å²) in [6.45, 7) is 7.48. The molecule has 0 bridgehead atoms. The Hall–Kier alpha value is -2.66. The third-order valence-electron chi connectivity index (χ3n) is 4.40. The van der Waals surface area contributed by atoms with Crippen LogP contribution in [-0.2, 0) is 21.3 Å². The zero-order valence-corrected chi connectivity index (χ0v) is 17.5. The summed E-state index contributed by atoms with van der Waals surface area (Å²) in [5, 5.41) is 0. The fraction of sp³-hybridized carbons (Fsp3) is 0.261. The largest absolute Gasteiger partial charge is 0.382 e. The number of carbonyl (C=O) groups excluding carboxylic acids is 1. The molecule has 0 saturated carbocycles. The molecule has 0 spiro atoms. The van der Waals surface area contributed by atoms with E-state index in [1.54, 1.807) is 37.3 Å². The van der Waals surface area contributed by atoms with Crippen molar-refractivity contribution in [2.45, 2.75) is 34.1 Å². The van der Waals surface area contributed by atoms with Crippen LogP contribution in [0.3, 0.4) is 0 Å². The SMILES string of the molecule is CCc1ccc(C=CC(=O)C=Cc2ccc(OS(=O)(=O)CC)c(C)c2)cc1C. The molecule has 5 heteroatoms. The summed E-state index contributed by atoms with van der Waals surface area (Å²) < 4.78 is 28.2. The van der Waals surface area contributed by atoms with E-state index in [0.717, 1.165) is 17.5 Å². The molecule has 0 N–H and O–H groups in total. The van der Waals surface area contributed by atoms with E-state index in [1.165, 1.54) is 30.2 Å². The van der Waals surface area contributed by atoms with Crippen LogP contribution >= 0.6 is 0 Å². The van der Waals surface area contributed by atoms with E-state index in [0.29, 0.717) is 11.3 Å². The zero-order valence-electron chi connectivity index (χ0n) is 16.7. The third kappa shape index (κ3) is 6.20. The smallest absolute Gasteiger partial charge is 0.308 e. The average molecular weight is 399 g/mol. The van der Waals surface area contributed by atoms with E-state index in [9.17, 15) is 13.2 Å². The maximum absolute atomic E-state index is 12.1. The van der Waals surface area contributed by atoms with Crippen LogP contribution < -0.4 is 4.18 Å². The summed E-state index contributed by atoms with van der Waals surface area (Å²) in [7, 11) is -3.56. The van der Waals surface area contributed by atoms with Crippen molar-refractivity contribution in [3.63, 3.8) is 0 Å². The molecule has 0 fully saturated rings. The minimum atomic E-state index is -3.56. The highest BCUT2D eigenvalue weighted by molar-refractivity contribution is 7.87. The molecule has 0 atom stereocenters. The Morgan fingerprint density at radius 3 is 2.00 bits per heavy atom. The molecule has 0 aromatic heterocycles. The first-order valence-electron chi connectivity index (χ1n) is 9.26. The molecule has 4 nitrogen and oxygen atoms in total. The van der Waals surface area contributed by atoms with Gasteiger partial charge in [0.2, 0.25) is 0 Å². The first kappa shape index (κ1) is 21.6. The van der Waals surface area contributed by atoms with Crippen LogP contribution in [0.4, 0.5) is 0 Å². The predicted molar refractivity (Wildman–Crippen MR) is 115 cm³/mol. The van der Waals surface area contributed by atoms with E-state index in [-0.39, 0.29) is 11.5 Å². The van der Waals surface area contributed by atoms with Gasteiger partial charge < -0.3 is 4.18 Å². The summed E-state index contributed by atoms with van der Waals surface area (Å²) >= 11 is 0. The first-order chi connectivity index (χ1) is 13.2. The molecule has 2 aromatic rings. The van der Waals surface area contributed by atoms with E-state index in [2.05, 4.69) is 26.0 Å². The Kier molecular flexibility index (Phi) is 7.35. The lowest BCUT2D eigenvalue weighted by Crippen LogP contribution is -2.12. The Balaban J connectivity index is 2.05. The van der Waals surface area contributed by atoms with Crippen molar-refractivity contribution in [1.29, 1.82) is 0 Å². The topological polar surface area (TPSA) is 60.4 Å². The Morgan fingerprint density at radius 1 is 0.929 bits per heavy atom. The third-order valence-corrected chi connectivity index (χ3v) is 5.54. The van der Waals surface area contributed by atoms with Crippen molar-refractivity contribution in [3.8, 4) is 5.75 Å². The maximum Gasteiger partial charge on any atom is 0.308 e. The lowest BCUT2D eigenvalue weighted by atomic mass is 10.0. The van der Waals surface area contributed by atoms with Gasteiger partial charge in [0.1, 0.15) is 5.75 Å². The fourth-order valence-electron chi connectivity index (χ4n) is 2.70. The van der Waals surface area contributed by atoms with Crippen molar-refractivity contribution in [1.82, 2.24) is 0 Å². The molecular weight excluding hydrogens is 372 g/mol. The van der Waals surface area contributed by atoms with Crippen molar-refractivity contribution >= 4 is 28.1 Å². The molecule has 148 valence electrons. The van der Waals surface area contributed by atoms with E-state index < -0.39 is 10.1 Å². The molecule has 0 saturated heterocycles. The molecule has 0 aliphatic rings.